The standard InChI is InChI=1S/C32H24O2/c1-3-7-27-17-23(9-11-25(27)5-1)21-33-31-15-13-30-20-32(16-14-29(30)19-31)34-22-24-10-12-26-6-2-4-8-28(26)18-24/h1-20H,21-22H2. The molecule has 0 saturated carbocycles. The van der Waals surface area contributed by atoms with E-state index in [2.05, 4.69) is 109 Å². The van der Waals surface area contributed by atoms with Crippen LogP contribution in [0.2, 0.25) is 0 Å². The first-order valence-electron chi connectivity index (χ1n) is 11.5. The zero-order valence-corrected chi connectivity index (χ0v) is 18.8. The zero-order valence-electron chi connectivity index (χ0n) is 18.8. The summed E-state index contributed by atoms with van der Waals surface area (Å²) in [6.45, 7) is 1.09. The van der Waals surface area contributed by atoms with Crippen LogP contribution in [0.4, 0.5) is 0 Å². The molecule has 164 valence electrons. The van der Waals surface area contributed by atoms with Crippen molar-refractivity contribution >= 4 is 32.3 Å². The van der Waals surface area contributed by atoms with Crippen LogP contribution in [0.5, 0.6) is 11.5 Å². The molecule has 0 saturated heterocycles. The molecule has 0 aliphatic heterocycles. The van der Waals surface area contributed by atoms with Gasteiger partial charge in [-0.3, -0.25) is 0 Å². The smallest absolute Gasteiger partial charge is 0.120 e. The SMILES string of the molecule is c1ccc2cc(COc3ccc4cc(OCc5ccc6ccccc6c5)ccc4c3)ccc2c1. The first-order valence-corrected chi connectivity index (χ1v) is 11.5. The van der Waals surface area contributed by atoms with E-state index in [0.29, 0.717) is 13.2 Å². The van der Waals surface area contributed by atoms with Crippen molar-refractivity contribution in [1.29, 1.82) is 0 Å². The van der Waals surface area contributed by atoms with Crippen LogP contribution in [0.25, 0.3) is 32.3 Å². The van der Waals surface area contributed by atoms with E-state index in [0.717, 1.165) is 33.4 Å². The Labute approximate surface area is 199 Å². The summed E-state index contributed by atoms with van der Waals surface area (Å²) in [5.74, 6) is 1.73. The molecule has 0 aliphatic rings. The van der Waals surface area contributed by atoms with Gasteiger partial charge in [0.15, 0.2) is 0 Å². The summed E-state index contributed by atoms with van der Waals surface area (Å²) in [7, 11) is 0. The van der Waals surface area contributed by atoms with Crippen LogP contribution in [-0.2, 0) is 13.2 Å². The van der Waals surface area contributed by atoms with Crippen LogP contribution in [0.1, 0.15) is 11.1 Å². The Kier molecular flexibility index (Phi) is 5.33. The molecule has 6 aromatic carbocycles. The molecule has 0 bridgehead atoms. The Balaban J connectivity index is 1.13. The van der Waals surface area contributed by atoms with Gasteiger partial charge in [-0.25, -0.2) is 0 Å². The van der Waals surface area contributed by atoms with E-state index in [1.807, 2.05) is 12.1 Å². The van der Waals surface area contributed by atoms with E-state index < -0.39 is 0 Å². The summed E-state index contributed by atoms with van der Waals surface area (Å²) in [6.07, 6.45) is 0. The van der Waals surface area contributed by atoms with Gasteiger partial charge < -0.3 is 9.47 Å². The van der Waals surface area contributed by atoms with Crippen LogP contribution in [0.15, 0.2) is 121 Å². The first-order chi connectivity index (χ1) is 16.8. The van der Waals surface area contributed by atoms with Gasteiger partial charge in [0.05, 0.1) is 0 Å². The Morgan fingerprint density at radius 3 is 1.21 bits per heavy atom. The molecule has 2 nitrogen and oxygen atoms in total. The quantitative estimate of drug-likeness (QED) is 0.259. The minimum absolute atomic E-state index is 0.545. The van der Waals surface area contributed by atoms with Crippen molar-refractivity contribution in [2.24, 2.45) is 0 Å². The molecule has 0 aliphatic carbocycles. The van der Waals surface area contributed by atoms with E-state index >= 15 is 0 Å². The number of hydrogen-bond donors (Lipinski definition) is 0. The highest BCUT2D eigenvalue weighted by molar-refractivity contribution is 5.86. The second kappa shape index (κ2) is 8.92. The van der Waals surface area contributed by atoms with Crippen molar-refractivity contribution in [2.75, 3.05) is 0 Å². The maximum Gasteiger partial charge on any atom is 0.120 e. The predicted octanol–water partition coefficient (Wildman–Crippen LogP) is 8.30. The maximum absolute atomic E-state index is 6.09. The van der Waals surface area contributed by atoms with Gasteiger partial charge in [-0.2, -0.15) is 0 Å². The zero-order chi connectivity index (χ0) is 22.7. The van der Waals surface area contributed by atoms with Crippen LogP contribution >= 0.6 is 0 Å². The van der Waals surface area contributed by atoms with Gasteiger partial charge in [0.25, 0.3) is 0 Å². The molecular formula is C32H24O2. The minimum atomic E-state index is 0.545. The molecule has 0 atom stereocenters. The van der Waals surface area contributed by atoms with E-state index in [1.54, 1.807) is 0 Å². The van der Waals surface area contributed by atoms with Crippen LogP contribution in [0, 0.1) is 0 Å². The van der Waals surface area contributed by atoms with E-state index in [-0.39, 0.29) is 0 Å². The highest BCUT2D eigenvalue weighted by Gasteiger charge is 2.04. The normalized spacial score (nSPS) is 11.2. The number of benzene rings is 6. The average Bonchev–Trinajstić information content (AvgIpc) is 2.90. The number of hydrogen-bond acceptors (Lipinski definition) is 2. The fraction of sp³-hybridized carbons (Fsp3) is 0.0625. The molecule has 0 radical (unpaired) electrons. The molecule has 0 amide bonds. The topological polar surface area (TPSA) is 18.5 Å². The van der Waals surface area contributed by atoms with Gasteiger partial charge in [0.2, 0.25) is 0 Å². The third-order valence-corrected chi connectivity index (χ3v) is 6.22. The number of fused-ring (bicyclic) bond motifs is 3. The van der Waals surface area contributed by atoms with Crippen molar-refractivity contribution < 1.29 is 9.47 Å². The summed E-state index contributed by atoms with van der Waals surface area (Å²) in [5.41, 5.74) is 2.33. The van der Waals surface area contributed by atoms with E-state index in [1.165, 1.54) is 21.5 Å². The molecule has 6 rings (SSSR count). The molecule has 34 heavy (non-hydrogen) atoms. The molecule has 0 heterocycles. The first kappa shape index (κ1) is 20.3. The van der Waals surface area contributed by atoms with Crippen molar-refractivity contribution in [3.8, 4) is 11.5 Å². The lowest BCUT2D eigenvalue weighted by Crippen LogP contribution is -1.96. The van der Waals surface area contributed by atoms with Gasteiger partial charge in [-0.15, -0.1) is 0 Å². The van der Waals surface area contributed by atoms with E-state index in [9.17, 15) is 0 Å². The lowest BCUT2D eigenvalue weighted by Gasteiger charge is -2.10. The molecule has 0 fully saturated rings. The van der Waals surface area contributed by atoms with Gasteiger partial charge in [0.1, 0.15) is 24.7 Å². The van der Waals surface area contributed by atoms with Crippen LogP contribution < -0.4 is 9.47 Å². The van der Waals surface area contributed by atoms with Gasteiger partial charge in [0, 0.05) is 0 Å². The van der Waals surface area contributed by atoms with E-state index in [4.69, 9.17) is 9.47 Å². The van der Waals surface area contributed by atoms with Crippen LogP contribution in [-0.4, -0.2) is 0 Å². The van der Waals surface area contributed by atoms with Crippen LogP contribution in [0.3, 0.4) is 0 Å². The summed E-state index contributed by atoms with van der Waals surface area (Å²) in [6, 6.07) is 42.1. The molecule has 2 heteroatoms. The Morgan fingerprint density at radius 1 is 0.353 bits per heavy atom. The molecule has 6 aromatic rings. The summed E-state index contributed by atoms with van der Waals surface area (Å²) >= 11 is 0. The molecule has 0 spiro atoms. The third-order valence-electron chi connectivity index (χ3n) is 6.22. The summed E-state index contributed by atoms with van der Waals surface area (Å²) in [5, 5.41) is 7.23. The highest BCUT2D eigenvalue weighted by atomic mass is 16.5. The molecule has 0 unspecified atom stereocenters. The van der Waals surface area contributed by atoms with Crippen molar-refractivity contribution in [2.45, 2.75) is 13.2 Å². The van der Waals surface area contributed by atoms with Gasteiger partial charge in [-0.1, -0.05) is 84.9 Å². The lowest BCUT2D eigenvalue weighted by molar-refractivity contribution is 0.306. The Hall–Kier alpha value is -4.30. The van der Waals surface area contributed by atoms with Crippen molar-refractivity contribution in [3.63, 3.8) is 0 Å². The Bertz CT molecular complexity index is 1490. The lowest BCUT2D eigenvalue weighted by atomic mass is 10.1. The summed E-state index contributed by atoms with van der Waals surface area (Å²) < 4.78 is 12.2. The molecule has 0 N–H and O–H groups in total. The predicted molar refractivity (Wildman–Crippen MR) is 141 cm³/mol. The number of ether oxygens (including phenoxy) is 2. The fourth-order valence-electron chi connectivity index (χ4n) is 4.37. The third kappa shape index (κ3) is 4.31. The van der Waals surface area contributed by atoms with Crippen molar-refractivity contribution in [3.05, 3.63) is 132 Å². The Morgan fingerprint density at radius 2 is 0.735 bits per heavy atom. The molecular weight excluding hydrogens is 416 g/mol. The molecule has 0 aromatic heterocycles. The fourth-order valence-corrected chi connectivity index (χ4v) is 4.37. The second-order valence-corrected chi connectivity index (χ2v) is 8.61. The monoisotopic (exact) mass is 440 g/mol. The summed E-state index contributed by atoms with van der Waals surface area (Å²) in [4.78, 5) is 0. The van der Waals surface area contributed by atoms with Gasteiger partial charge in [-0.05, 0) is 79.8 Å². The average molecular weight is 441 g/mol. The van der Waals surface area contributed by atoms with Crippen molar-refractivity contribution in [1.82, 2.24) is 0 Å². The highest BCUT2D eigenvalue weighted by Crippen LogP contribution is 2.27. The van der Waals surface area contributed by atoms with Gasteiger partial charge >= 0.3 is 0 Å². The maximum atomic E-state index is 6.09. The largest absolute Gasteiger partial charge is 0.489 e. The minimum Gasteiger partial charge on any atom is -0.489 e. The number of rotatable bonds is 6. The second-order valence-electron chi connectivity index (χ2n) is 8.61.